The Morgan fingerprint density at radius 1 is 1.20 bits per heavy atom. The van der Waals surface area contributed by atoms with Crippen LogP contribution in [0.5, 0.6) is 0 Å². The van der Waals surface area contributed by atoms with Crippen molar-refractivity contribution in [2.45, 2.75) is 42.8 Å². The number of hydrogen-bond donors (Lipinski definition) is 1. The molecule has 1 nitrogen and oxygen atoms in total. The molecule has 0 aromatic rings. The molecule has 0 aromatic heterocycles. The fraction of sp³-hybridized carbons (Fsp3) is 0.833. The van der Waals surface area contributed by atoms with Crippen molar-refractivity contribution in [3.63, 3.8) is 0 Å². The van der Waals surface area contributed by atoms with E-state index in [2.05, 4.69) is 42.6 Å². The second-order valence-corrected chi connectivity index (χ2v) is 7.38. The first-order valence-corrected chi connectivity index (χ1v) is 7.85. The smallest absolute Gasteiger partial charge is 0.0843 e. The minimum absolute atomic E-state index is 0.0701. The zero-order chi connectivity index (χ0) is 10.7. The number of hydrogen-bond acceptors (Lipinski definition) is 3. The molecule has 1 heterocycles. The number of thioether (sulfide) groups is 2. The van der Waals surface area contributed by atoms with E-state index in [9.17, 15) is 5.11 Å². The molecule has 0 bridgehead atoms. The Bertz CT molecular complexity index is 234. The number of allylic oxidation sites excluding steroid dienone is 1. The van der Waals surface area contributed by atoms with Crippen LogP contribution in [-0.2, 0) is 0 Å². The van der Waals surface area contributed by atoms with Crippen molar-refractivity contribution >= 4 is 23.5 Å². The molecule has 0 amide bonds. The summed E-state index contributed by atoms with van der Waals surface area (Å²) in [6.07, 6.45) is 9.15. The molecule has 0 radical (unpaired) electrons. The van der Waals surface area contributed by atoms with Gasteiger partial charge >= 0.3 is 0 Å². The van der Waals surface area contributed by atoms with Crippen molar-refractivity contribution in [2.75, 3.05) is 11.5 Å². The van der Waals surface area contributed by atoms with Crippen LogP contribution in [0.4, 0.5) is 0 Å². The summed E-state index contributed by atoms with van der Waals surface area (Å²) < 4.78 is 0.183. The van der Waals surface area contributed by atoms with Crippen LogP contribution in [-0.4, -0.2) is 26.8 Å². The molecule has 0 spiro atoms. The second kappa shape index (κ2) is 5.15. The Hall–Kier alpha value is 0.400. The lowest BCUT2D eigenvalue weighted by atomic mass is 10.00. The van der Waals surface area contributed by atoms with Crippen LogP contribution >= 0.6 is 23.5 Å². The molecule has 0 unspecified atom stereocenters. The van der Waals surface area contributed by atoms with Gasteiger partial charge in [-0.15, -0.1) is 23.5 Å². The lowest BCUT2D eigenvalue weighted by Crippen LogP contribution is -2.36. The summed E-state index contributed by atoms with van der Waals surface area (Å²) in [7, 11) is 0. The van der Waals surface area contributed by atoms with Crippen LogP contribution in [0.25, 0.3) is 0 Å². The van der Waals surface area contributed by atoms with Gasteiger partial charge in [-0.1, -0.05) is 18.6 Å². The molecule has 1 aliphatic heterocycles. The van der Waals surface area contributed by atoms with Gasteiger partial charge in [0.05, 0.1) is 10.2 Å². The van der Waals surface area contributed by atoms with Gasteiger partial charge in [0, 0.05) is 5.92 Å². The third-order valence-electron chi connectivity index (χ3n) is 3.34. The molecule has 3 heteroatoms. The van der Waals surface area contributed by atoms with Gasteiger partial charge in [0.15, 0.2) is 0 Å². The van der Waals surface area contributed by atoms with Gasteiger partial charge in [-0.3, -0.25) is 0 Å². The molecular formula is C12H20OS2. The topological polar surface area (TPSA) is 20.2 Å². The summed E-state index contributed by atoms with van der Waals surface area (Å²) in [4.78, 5) is 0. The first-order valence-electron chi connectivity index (χ1n) is 5.88. The molecule has 1 saturated carbocycles. The summed E-state index contributed by atoms with van der Waals surface area (Å²) in [5, 5.41) is 10.1. The van der Waals surface area contributed by atoms with Crippen molar-refractivity contribution in [1.82, 2.24) is 0 Å². The predicted molar refractivity (Wildman–Crippen MR) is 70.4 cm³/mol. The number of aliphatic hydroxyl groups is 1. The molecule has 2 fully saturated rings. The van der Waals surface area contributed by atoms with E-state index in [1.165, 1.54) is 30.8 Å². The highest BCUT2D eigenvalue weighted by molar-refractivity contribution is 8.19. The second-order valence-electron chi connectivity index (χ2n) is 4.38. The van der Waals surface area contributed by atoms with E-state index in [1.54, 1.807) is 0 Å². The van der Waals surface area contributed by atoms with Crippen molar-refractivity contribution in [3.05, 3.63) is 12.2 Å². The maximum Gasteiger partial charge on any atom is 0.0843 e. The summed E-state index contributed by atoms with van der Waals surface area (Å²) in [5.41, 5.74) is 0. The number of rotatable bonds is 2. The van der Waals surface area contributed by atoms with E-state index in [0.29, 0.717) is 5.92 Å². The van der Waals surface area contributed by atoms with Crippen LogP contribution in [0.1, 0.15) is 32.6 Å². The summed E-state index contributed by atoms with van der Waals surface area (Å²) >= 11 is 4.10. The normalized spacial score (nSPS) is 36.1. The highest BCUT2D eigenvalue weighted by Gasteiger charge is 2.44. The molecule has 1 aliphatic carbocycles. The highest BCUT2D eigenvalue weighted by atomic mass is 32.2. The monoisotopic (exact) mass is 244 g/mol. The molecular weight excluding hydrogens is 224 g/mol. The Morgan fingerprint density at radius 2 is 1.93 bits per heavy atom. The molecule has 1 saturated heterocycles. The first kappa shape index (κ1) is 11.9. The summed E-state index contributed by atoms with van der Waals surface area (Å²) in [5.74, 6) is 2.98. The third kappa shape index (κ3) is 2.40. The largest absolute Gasteiger partial charge is 0.393 e. The van der Waals surface area contributed by atoms with E-state index in [0.717, 1.165) is 6.42 Å². The van der Waals surface area contributed by atoms with Crippen LogP contribution in [0.3, 0.4) is 0 Å². The maximum absolute atomic E-state index is 10.1. The van der Waals surface area contributed by atoms with Crippen molar-refractivity contribution in [3.8, 4) is 0 Å². The van der Waals surface area contributed by atoms with E-state index in [1.807, 2.05) is 0 Å². The standard InChI is InChI=1S/C12H20OS2/c1-2-7-12(14-8-4-9-15-12)10-5-3-6-11(10)13/h2,7,10-11,13H,3-6,8-9H2,1H3/b7-2+/t10-,11-/m1/s1. The quantitative estimate of drug-likeness (QED) is 0.753. The van der Waals surface area contributed by atoms with Crippen LogP contribution in [0.15, 0.2) is 12.2 Å². The van der Waals surface area contributed by atoms with Crippen molar-refractivity contribution in [1.29, 1.82) is 0 Å². The first-order chi connectivity index (χ1) is 7.28. The van der Waals surface area contributed by atoms with Gasteiger partial charge in [0.25, 0.3) is 0 Å². The summed E-state index contributed by atoms with van der Waals surface area (Å²) in [6, 6.07) is 0. The van der Waals surface area contributed by atoms with E-state index >= 15 is 0 Å². The Balaban J connectivity index is 2.16. The minimum atomic E-state index is -0.0701. The molecule has 2 rings (SSSR count). The van der Waals surface area contributed by atoms with Gasteiger partial charge in [-0.05, 0) is 37.7 Å². The van der Waals surface area contributed by atoms with Crippen molar-refractivity contribution < 1.29 is 5.11 Å². The molecule has 2 atom stereocenters. The predicted octanol–water partition coefficient (Wildman–Crippen LogP) is 3.29. The molecule has 15 heavy (non-hydrogen) atoms. The Labute approximate surface area is 101 Å². The Kier molecular flexibility index (Phi) is 4.08. The molecule has 2 aliphatic rings. The van der Waals surface area contributed by atoms with Gasteiger partial charge in [-0.2, -0.15) is 0 Å². The fourth-order valence-electron chi connectivity index (χ4n) is 2.64. The zero-order valence-corrected chi connectivity index (χ0v) is 10.9. The lowest BCUT2D eigenvalue weighted by molar-refractivity contribution is 0.132. The minimum Gasteiger partial charge on any atom is -0.393 e. The van der Waals surface area contributed by atoms with Crippen LogP contribution < -0.4 is 0 Å². The van der Waals surface area contributed by atoms with Gasteiger partial charge in [-0.25, -0.2) is 0 Å². The zero-order valence-electron chi connectivity index (χ0n) is 9.32. The number of aliphatic hydroxyl groups excluding tert-OH is 1. The molecule has 86 valence electrons. The van der Waals surface area contributed by atoms with Crippen LogP contribution in [0.2, 0.25) is 0 Å². The molecule has 1 N–H and O–H groups in total. The lowest BCUT2D eigenvalue weighted by Gasteiger charge is -2.40. The SMILES string of the molecule is C/C=C/C1([C@@H]2CCC[C@H]2O)SCCCS1. The van der Waals surface area contributed by atoms with Gasteiger partial charge < -0.3 is 5.11 Å². The van der Waals surface area contributed by atoms with E-state index in [-0.39, 0.29) is 10.2 Å². The average molecular weight is 244 g/mol. The average Bonchev–Trinajstić information content (AvgIpc) is 2.67. The third-order valence-corrected chi connectivity index (χ3v) is 6.81. The van der Waals surface area contributed by atoms with Crippen LogP contribution in [0, 0.1) is 5.92 Å². The molecule has 0 aromatic carbocycles. The van der Waals surface area contributed by atoms with Gasteiger partial charge in [0.1, 0.15) is 0 Å². The van der Waals surface area contributed by atoms with E-state index < -0.39 is 0 Å². The van der Waals surface area contributed by atoms with Crippen molar-refractivity contribution in [2.24, 2.45) is 5.92 Å². The summed E-state index contributed by atoms with van der Waals surface area (Å²) in [6.45, 7) is 2.10. The van der Waals surface area contributed by atoms with Gasteiger partial charge in [0.2, 0.25) is 0 Å². The van der Waals surface area contributed by atoms with E-state index in [4.69, 9.17) is 0 Å². The Morgan fingerprint density at radius 3 is 2.47 bits per heavy atom. The highest BCUT2D eigenvalue weighted by Crippen LogP contribution is 2.53. The fourth-order valence-corrected chi connectivity index (χ4v) is 6.31. The maximum atomic E-state index is 10.1.